The highest BCUT2D eigenvalue weighted by Crippen LogP contribution is 2.32. The van der Waals surface area contributed by atoms with Crippen LogP contribution in [0, 0.1) is 5.92 Å². The molecule has 0 aromatic rings. The summed E-state index contributed by atoms with van der Waals surface area (Å²) in [6.45, 7) is 0. The number of allylic oxidation sites excluding steroid dienone is 1. The van der Waals surface area contributed by atoms with Crippen molar-refractivity contribution in [2.45, 2.75) is 57.4 Å². The lowest BCUT2D eigenvalue weighted by atomic mass is 9.87. The minimum Gasteiger partial charge on any atom is -0.324 e. The number of hydrogen-bond acceptors (Lipinski definition) is 1. The molecule has 1 nitrogen and oxygen atoms in total. The summed E-state index contributed by atoms with van der Waals surface area (Å²) in [6, 6.07) is 0.359. The van der Waals surface area contributed by atoms with Gasteiger partial charge in [-0.1, -0.05) is 30.9 Å². The van der Waals surface area contributed by atoms with Gasteiger partial charge in [0.15, 0.2) is 0 Å². The Morgan fingerprint density at radius 1 is 1.08 bits per heavy atom. The number of rotatable bonds is 0. The fraction of sp³-hybridized carbons (Fsp3) is 0.833. The smallest absolute Gasteiger partial charge is 0.0226 e. The number of nitrogens with two attached hydrogens (primary N) is 1. The predicted molar refractivity (Wildman–Crippen MR) is 56.5 cm³/mol. The molecule has 74 valence electrons. The maximum Gasteiger partial charge on any atom is 0.0226 e. The molecule has 1 saturated carbocycles. The first-order chi connectivity index (χ1) is 6.34. The first-order valence-electron chi connectivity index (χ1n) is 5.80. The van der Waals surface area contributed by atoms with E-state index in [1.54, 1.807) is 5.57 Å². The van der Waals surface area contributed by atoms with E-state index >= 15 is 0 Å². The van der Waals surface area contributed by atoms with Crippen molar-refractivity contribution in [1.82, 2.24) is 0 Å². The van der Waals surface area contributed by atoms with Crippen molar-refractivity contribution in [3.05, 3.63) is 11.6 Å². The van der Waals surface area contributed by atoms with E-state index < -0.39 is 0 Å². The molecule has 0 saturated heterocycles. The SMILES string of the molecule is NC1C=C2CCCCCC(CC1)C2. The Hall–Kier alpha value is -0.300. The lowest BCUT2D eigenvalue weighted by molar-refractivity contribution is 0.397. The van der Waals surface area contributed by atoms with Gasteiger partial charge in [0.05, 0.1) is 0 Å². The van der Waals surface area contributed by atoms with Crippen LogP contribution in [-0.2, 0) is 0 Å². The van der Waals surface area contributed by atoms with Gasteiger partial charge < -0.3 is 5.73 Å². The Morgan fingerprint density at radius 3 is 2.92 bits per heavy atom. The van der Waals surface area contributed by atoms with E-state index in [9.17, 15) is 0 Å². The molecule has 0 aromatic heterocycles. The van der Waals surface area contributed by atoms with Gasteiger partial charge in [0, 0.05) is 6.04 Å². The molecule has 13 heavy (non-hydrogen) atoms. The van der Waals surface area contributed by atoms with Crippen LogP contribution in [-0.4, -0.2) is 6.04 Å². The lowest BCUT2D eigenvalue weighted by Crippen LogP contribution is -2.16. The average molecular weight is 179 g/mol. The zero-order chi connectivity index (χ0) is 9.10. The van der Waals surface area contributed by atoms with E-state index in [0.717, 1.165) is 5.92 Å². The molecule has 2 aliphatic carbocycles. The van der Waals surface area contributed by atoms with E-state index in [-0.39, 0.29) is 0 Å². The van der Waals surface area contributed by atoms with Crippen molar-refractivity contribution in [2.75, 3.05) is 0 Å². The monoisotopic (exact) mass is 179 g/mol. The van der Waals surface area contributed by atoms with Crippen molar-refractivity contribution in [2.24, 2.45) is 11.7 Å². The Balaban J connectivity index is 2.06. The van der Waals surface area contributed by atoms with Gasteiger partial charge in [-0.15, -0.1) is 0 Å². The Kier molecular flexibility index (Phi) is 3.05. The van der Waals surface area contributed by atoms with Crippen LogP contribution < -0.4 is 5.73 Å². The second-order valence-electron chi connectivity index (χ2n) is 4.74. The summed E-state index contributed by atoms with van der Waals surface area (Å²) in [7, 11) is 0. The molecule has 2 rings (SSSR count). The normalized spacial score (nSPS) is 35.6. The first-order valence-corrected chi connectivity index (χ1v) is 5.80. The molecule has 2 aliphatic rings. The number of hydrogen-bond donors (Lipinski definition) is 1. The number of fused-ring (bicyclic) bond motifs is 2. The maximum absolute atomic E-state index is 6.02. The Morgan fingerprint density at radius 2 is 2.00 bits per heavy atom. The summed E-state index contributed by atoms with van der Waals surface area (Å²) in [5.74, 6) is 0.958. The molecule has 0 spiro atoms. The van der Waals surface area contributed by atoms with Crippen LogP contribution in [0.1, 0.15) is 51.4 Å². The molecule has 0 aliphatic heterocycles. The fourth-order valence-corrected chi connectivity index (χ4v) is 2.75. The standard InChI is InChI=1S/C12H21N/c13-12-7-6-10-4-2-1-3-5-11(8-10)9-12/h9-10,12H,1-8,13H2. The van der Waals surface area contributed by atoms with Crippen LogP contribution >= 0.6 is 0 Å². The zero-order valence-corrected chi connectivity index (χ0v) is 8.47. The van der Waals surface area contributed by atoms with E-state index in [2.05, 4.69) is 6.08 Å². The van der Waals surface area contributed by atoms with Gasteiger partial charge in [-0.25, -0.2) is 0 Å². The molecule has 1 heteroatoms. The highest BCUT2D eigenvalue weighted by Gasteiger charge is 2.18. The average Bonchev–Trinajstić information content (AvgIpc) is 2.24. The van der Waals surface area contributed by atoms with Gasteiger partial charge in [-0.2, -0.15) is 0 Å². The quantitative estimate of drug-likeness (QED) is 0.568. The summed E-state index contributed by atoms with van der Waals surface area (Å²) in [6.07, 6.45) is 13.3. The second kappa shape index (κ2) is 4.28. The summed E-state index contributed by atoms with van der Waals surface area (Å²) >= 11 is 0. The molecule has 2 atom stereocenters. The van der Waals surface area contributed by atoms with Crippen LogP contribution in [0.3, 0.4) is 0 Å². The van der Waals surface area contributed by atoms with E-state index in [4.69, 9.17) is 5.73 Å². The molecule has 2 bridgehead atoms. The van der Waals surface area contributed by atoms with E-state index in [0.29, 0.717) is 6.04 Å². The van der Waals surface area contributed by atoms with Crippen LogP contribution in [0.4, 0.5) is 0 Å². The van der Waals surface area contributed by atoms with Gasteiger partial charge in [0.2, 0.25) is 0 Å². The molecule has 0 heterocycles. The zero-order valence-electron chi connectivity index (χ0n) is 8.47. The molecule has 0 aromatic carbocycles. The summed E-state index contributed by atoms with van der Waals surface area (Å²) < 4.78 is 0. The van der Waals surface area contributed by atoms with Crippen molar-refractivity contribution in [1.29, 1.82) is 0 Å². The van der Waals surface area contributed by atoms with Gasteiger partial charge in [0.1, 0.15) is 0 Å². The molecule has 0 radical (unpaired) electrons. The highest BCUT2D eigenvalue weighted by molar-refractivity contribution is 5.10. The van der Waals surface area contributed by atoms with Crippen molar-refractivity contribution < 1.29 is 0 Å². The second-order valence-corrected chi connectivity index (χ2v) is 4.74. The summed E-state index contributed by atoms with van der Waals surface area (Å²) in [5.41, 5.74) is 7.68. The largest absolute Gasteiger partial charge is 0.324 e. The Bertz CT molecular complexity index is 195. The highest BCUT2D eigenvalue weighted by atomic mass is 14.6. The van der Waals surface area contributed by atoms with Crippen molar-refractivity contribution in [3.63, 3.8) is 0 Å². The molecular formula is C12H21N. The minimum absolute atomic E-state index is 0.359. The van der Waals surface area contributed by atoms with Gasteiger partial charge in [-0.05, 0) is 38.0 Å². The topological polar surface area (TPSA) is 26.0 Å². The van der Waals surface area contributed by atoms with E-state index in [1.165, 1.54) is 51.4 Å². The van der Waals surface area contributed by atoms with Crippen LogP contribution in [0.5, 0.6) is 0 Å². The summed E-state index contributed by atoms with van der Waals surface area (Å²) in [4.78, 5) is 0. The third kappa shape index (κ3) is 2.57. The lowest BCUT2D eigenvalue weighted by Gasteiger charge is -2.19. The van der Waals surface area contributed by atoms with Gasteiger partial charge in [0.25, 0.3) is 0 Å². The Labute approximate surface area is 81.4 Å². The fourth-order valence-electron chi connectivity index (χ4n) is 2.75. The van der Waals surface area contributed by atoms with Crippen LogP contribution in [0.2, 0.25) is 0 Å². The molecule has 0 amide bonds. The molecule has 2 unspecified atom stereocenters. The first kappa shape index (κ1) is 9.26. The third-order valence-electron chi connectivity index (χ3n) is 3.52. The predicted octanol–water partition coefficient (Wildman–Crippen LogP) is 3.00. The molecule has 2 N–H and O–H groups in total. The van der Waals surface area contributed by atoms with Crippen LogP contribution in [0.15, 0.2) is 11.6 Å². The van der Waals surface area contributed by atoms with E-state index in [1.807, 2.05) is 0 Å². The molecule has 1 fully saturated rings. The minimum atomic E-state index is 0.359. The maximum atomic E-state index is 6.02. The van der Waals surface area contributed by atoms with Crippen molar-refractivity contribution in [3.8, 4) is 0 Å². The van der Waals surface area contributed by atoms with Gasteiger partial charge >= 0.3 is 0 Å². The van der Waals surface area contributed by atoms with Crippen molar-refractivity contribution >= 4 is 0 Å². The molecular weight excluding hydrogens is 158 g/mol. The summed E-state index contributed by atoms with van der Waals surface area (Å²) in [5, 5.41) is 0. The van der Waals surface area contributed by atoms with Crippen LogP contribution in [0.25, 0.3) is 0 Å². The third-order valence-corrected chi connectivity index (χ3v) is 3.52. The van der Waals surface area contributed by atoms with Gasteiger partial charge in [-0.3, -0.25) is 0 Å².